The summed E-state index contributed by atoms with van der Waals surface area (Å²) in [6, 6.07) is 13.5. The van der Waals surface area contributed by atoms with Crippen molar-refractivity contribution in [3.05, 3.63) is 60.4 Å². The molecule has 2 amide bonds. The van der Waals surface area contributed by atoms with Crippen LogP contribution in [0.2, 0.25) is 0 Å². The van der Waals surface area contributed by atoms with E-state index >= 15 is 0 Å². The molecule has 26 heavy (non-hydrogen) atoms. The summed E-state index contributed by atoms with van der Waals surface area (Å²) in [5.74, 6) is 0.224. The first-order chi connectivity index (χ1) is 12.6. The molecular weight excluding hydrogens is 326 g/mol. The van der Waals surface area contributed by atoms with Gasteiger partial charge in [-0.05, 0) is 49.4 Å². The smallest absolute Gasteiger partial charge is 0.229 e. The second-order valence-electron chi connectivity index (χ2n) is 6.86. The first-order valence-corrected chi connectivity index (χ1v) is 9.14. The predicted molar refractivity (Wildman–Crippen MR) is 101 cm³/mol. The number of carbonyl (C=O) groups is 2. The van der Waals surface area contributed by atoms with Crippen LogP contribution in [0.1, 0.15) is 31.2 Å². The predicted octanol–water partition coefficient (Wildman–Crippen LogP) is 3.17. The monoisotopic (exact) mass is 351 g/mol. The molecule has 0 aliphatic heterocycles. The molecule has 5 nitrogen and oxygen atoms in total. The summed E-state index contributed by atoms with van der Waals surface area (Å²) in [6.45, 7) is 0.502. The van der Waals surface area contributed by atoms with E-state index in [-0.39, 0.29) is 23.7 Å². The van der Waals surface area contributed by atoms with Crippen molar-refractivity contribution < 1.29 is 9.59 Å². The van der Waals surface area contributed by atoms with E-state index < -0.39 is 0 Å². The fourth-order valence-corrected chi connectivity index (χ4v) is 3.49. The molecule has 136 valence electrons. The van der Waals surface area contributed by atoms with Crippen LogP contribution in [-0.4, -0.2) is 23.8 Å². The lowest BCUT2D eigenvalue weighted by molar-refractivity contribution is -0.129. The third-order valence-corrected chi connectivity index (χ3v) is 5.11. The maximum atomic E-state index is 12.7. The van der Waals surface area contributed by atoms with E-state index in [1.807, 2.05) is 49.5 Å². The number of anilines is 1. The third-order valence-electron chi connectivity index (χ3n) is 5.11. The molecule has 3 rings (SSSR count). The Morgan fingerprint density at radius 1 is 1.04 bits per heavy atom. The highest BCUT2D eigenvalue weighted by Crippen LogP contribution is 2.31. The van der Waals surface area contributed by atoms with Crippen LogP contribution in [0.3, 0.4) is 0 Å². The number of pyridine rings is 1. The minimum absolute atomic E-state index is 0.00208. The van der Waals surface area contributed by atoms with Crippen LogP contribution in [0.15, 0.2) is 54.9 Å². The first kappa shape index (κ1) is 18.1. The molecule has 1 aliphatic carbocycles. The summed E-state index contributed by atoms with van der Waals surface area (Å²) >= 11 is 0. The van der Waals surface area contributed by atoms with Gasteiger partial charge in [0.05, 0.1) is 0 Å². The van der Waals surface area contributed by atoms with Gasteiger partial charge in [-0.3, -0.25) is 14.6 Å². The Bertz CT molecular complexity index is 725. The number of para-hydroxylation sites is 1. The second kappa shape index (κ2) is 8.61. The van der Waals surface area contributed by atoms with Crippen LogP contribution >= 0.6 is 0 Å². The summed E-state index contributed by atoms with van der Waals surface area (Å²) < 4.78 is 0. The molecule has 1 saturated carbocycles. The van der Waals surface area contributed by atoms with E-state index in [0.29, 0.717) is 6.54 Å². The Labute approximate surface area is 154 Å². The van der Waals surface area contributed by atoms with Crippen molar-refractivity contribution in [1.82, 2.24) is 10.3 Å². The number of aromatic nitrogens is 1. The van der Waals surface area contributed by atoms with Crippen molar-refractivity contribution >= 4 is 17.5 Å². The minimum Gasteiger partial charge on any atom is -0.352 e. The minimum atomic E-state index is -0.00208. The van der Waals surface area contributed by atoms with Gasteiger partial charge >= 0.3 is 0 Å². The largest absolute Gasteiger partial charge is 0.352 e. The average Bonchev–Trinajstić information content (AvgIpc) is 2.72. The molecule has 0 atom stereocenters. The summed E-state index contributed by atoms with van der Waals surface area (Å²) in [5.41, 5.74) is 1.91. The SMILES string of the molecule is CN(C(=O)C1CCC(C(=O)NCc2cccnc2)CC1)c1ccccc1. The van der Waals surface area contributed by atoms with Gasteiger partial charge in [-0.25, -0.2) is 0 Å². The van der Waals surface area contributed by atoms with E-state index in [4.69, 9.17) is 0 Å². The van der Waals surface area contributed by atoms with Crippen LogP contribution in [0.4, 0.5) is 5.69 Å². The second-order valence-corrected chi connectivity index (χ2v) is 6.86. The van der Waals surface area contributed by atoms with Crippen LogP contribution in [0.5, 0.6) is 0 Å². The van der Waals surface area contributed by atoms with Gasteiger partial charge in [0.2, 0.25) is 11.8 Å². The van der Waals surface area contributed by atoms with E-state index in [2.05, 4.69) is 10.3 Å². The summed E-state index contributed by atoms with van der Waals surface area (Å²) in [5, 5.41) is 2.99. The van der Waals surface area contributed by atoms with Crippen molar-refractivity contribution in [3.8, 4) is 0 Å². The van der Waals surface area contributed by atoms with Crippen LogP contribution in [0, 0.1) is 11.8 Å². The molecule has 1 heterocycles. The molecule has 0 saturated heterocycles. The van der Waals surface area contributed by atoms with Gasteiger partial charge in [0.1, 0.15) is 0 Å². The Balaban J connectivity index is 1.47. The van der Waals surface area contributed by atoms with E-state index in [1.165, 1.54) is 0 Å². The Morgan fingerprint density at radius 3 is 2.38 bits per heavy atom. The van der Waals surface area contributed by atoms with Crippen molar-refractivity contribution in [3.63, 3.8) is 0 Å². The molecule has 0 bridgehead atoms. The molecule has 1 aromatic heterocycles. The fourth-order valence-electron chi connectivity index (χ4n) is 3.49. The molecule has 0 unspecified atom stereocenters. The number of hydrogen-bond donors (Lipinski definition) is 1. The highest BCUT2D eigenvalue weighted by atomic mass is 16.2. The Kier molecular flexibility index (Phi) is 6.00. The lowest BCUT2D eigenvalue weighted by Crippen LogP contribution is -2.38. The molecule has 1 fully saturated rings. The van der Waals surface area contributed by atoms with Crippen molar-refractivity contribution in [2.75, 3.05) is 11.9 Å². The van der Waals surface area contributed by atoms with Gasteiger partial charge in [0.25, 0.3) is 0 Å². The van der Waals surface area contributed by atoms with Crippen LogP contribution in [-0.2, 0) is 16.1 Å². The highest BCUT2D eigenvalue weighted by Gasteiger charge is 2.31. The summed E-state index contributed by atoms with van der Waals surface area (Å²) in [7, 11) is 1.82. The molecular formula is C21H25N3O2. The quantitative estimate of drug-likeness (QED) is 0.900. The Hall–Kier alpha value is -2.69. The average molecular weight is 351 g/mol. The maximum Gasteiger partial charge on any atom is 0.229 e. The standard InChI is InChI=1S/C21H25N3O2/c1-24(19-7-3-2-4-8-19)21(26)18-11-9-17(10-12-18)20(25)23-15-16-6-5-13-22-14-16/h2-8,13-14,17-18H,9-12,15H2,1H3,(H,23,25). The summed E-state index contributed by atoms with van der Waals surface area (Å²) in [6.07, 6.45) is 6.53. The number of amides is 2. The topological polar surface area (TPSA) is 62.3 Å². The highest BCUT2D eigenvalue weighted by molar-refractivity contribution is 5.94. The number of rotatable bonds is 5. The fraction of sp³-hybridized carbons (Fsp3) is 0.381. The van der Waals surface area contributed by atoms with E-state index in [1.54, 1.807) is 17.3 Å². The zero-order valence-electron chi connectivity index (χ0n) is 15.1. The number of nitrogens with zero attached hydrogens (tertiary/aromatic N) is 2. The van der Waals surface area contributed by atoms with Gasteiger partial charge in [0, 0.05) is 43.5 Å². The van der Waals surface area contributed by atoms with Gasteiger partial charge in [-0.15, -0.1) is 0 Å². The molecule has 1 N–H and O–H groups in total. The molecule has 1 aliphatic rings. The number of benzene rings is 1. The first-order valence-electron chi connectivity index (χ1n) is 9.14. The van der Waals surface area contributed by atoms with E-state index in [0.717, 1.165) is 36.9 Å². The lowest BCUT2D eigenvalue weighted by atomic mass is 9.81. The van der Waals surface area contributed by atoms with Crippen molar-refractivity contribution in [2.45, 2.75) is 32.2 Å². The Morgan fingerprint density at radius 2 is 1.73 bits per heavy atom. The normalized spacial score (nSPS) is 19.6. The molecule has 2 aromatic rings. The molecule has 0 radical (unpaired) electrons. The molecule has 1 aromatic carbocycles. The van der Waals surface area contributed by atoms with Crippen LogP contribution in [0.25, 0.3) is 0 Å². The van der Waals surface area contributed by atoms with Gasteiger partial charge < -0.3 is 10.2 Å². The summed E-state index contributed by atoms with van der Waals surface area (Å²) in [4.78, 5) is 30.9. The maximum absolute atomic E-state index is 12.7. The van der Waals surface area contributed by atoms with E-state index in [9.17, 15) is 9.59 Å². The molecule has 5 heteroatoms. The lowest BCUT2D eigenvalue weighted by Gasteiger charge is -2.30. The number of nitrogens with one attached hydrogen (secondary N) is 1. The van der Waals surface area contributed by atoms with Crippen LogP contribution < -0.4 is 10.2 Å². The molecule has 0 spiro atoms. The number of carbonyl (C=O) groups excluding carboxylic acids is 2. The van der Waals surface area contributed by atoms with Crippen molar-refractivity contribution in [2.24, 2.45) is 11.8 Å². The van der Waals surface area contributed by atoms with Crippen molar-refractivity contribution in [1.29, 1.82) is 0 Å². The zero-order chi connectivity index (χ0) is 18.4. The zero-order valence-corrected chi connectivity index (χ0v) is 15.1. The van der Waals surface area contributed by atoms with Gasteiger partial charge in [-0.1, -0.05) is 24.3 Å². The third kappa shape index (κ3) is 4.48. The number of hydrogen-bond acceptors (Lipinski definition) is 3. The van der Waals surface area contributed by atoms with Gasteiger partial charge in [0.15, 0.2) is 0 Å². The van der Waals surface area contributed by atoms with Gasteiger partial charge in [-0.2, -0.15) is 0 Å².